The molecule has 0 saturated heterocycles. The molecule has 0 aliphatic carbocycles. The second-order valence-electron chi connectivity index (χ2n) is 4.41. The van der Waals surface area contributed by atoms with Crippen LogP contribution in [0.1, 0.15) is 20.8 Å². The summed E-state index contributed by atoms with van der Waals surface area (Å²) in [7, 11) is 1.41. The molecule has 7 heteroatoms. The Morgan fingerprint density at radius 3 is 2.00 bits per heavy atom. The Bertz CT molecular complexity index is 295. The largest absolute Gasteiger partial charge is 0.375 e. The minimum Gasteiger partial charge on any atom is -0.375 e. The number of hydrogen-bond donors (Lipinski definition) is 0. The van der Waals surface area contributed by atoms with E-state index in [4.69, 9.17) is 15.4 Å². The lowest BCUT2D eigenvalue weighted by Crippen LogP contribution is -2.30. The van der Waals surface area contributed by atoms with Crippen molar-refractivity contribution in [3.63, 3.8) is 0 Å². The first-order valence-corrected chi connectivity index (χ1v) is 6.77. The highest BCUT2D eigenvalue weighted by atomic mass is 35.7. The van der Waals surface area contributed by atoms with Gasteiger partial charge in [0.25, 0.3) is 5.92 Å². The summed E-state index contributed by atoms with van der Waals surface area (Å²) in [5, 5.41) is 0. The second kappa shape index (κ2) is 4.93. The fourth-order valence-electron chi connectivity index (χ4n) is 1.01. The van der Waals surface area contributed by atoms with Gasteiger partial charge in [-0.05, 0) is 0 Å². The van der Waals surface area contributed by atoms with Crippen LogP contribution in [0.2, 0.25) is 0 Å². The van der Waals surface area contributed by atoms with Crippen LogP contribution in [-0.4, -0.2) is 33.3 Å². The summed E-state index contributed by atoms with van der Waals surface area (Å²) in [5.74, 6) is -3.22. The van der Waals surface area contributed by atoms with E-state index in [-0.39, 0.29) is 12.4 Å². The molecule has 0 unspecified atom stereocenters. The van der Waals surface area contributed by atoms with Gasteiger partial charge in [-0.3, -0.25) is 0 Å². The van der Waals surface area contributed by atoms with Gasteiger partial charge in [-0.15, -0.1) is 0 Å². The number of rotatable bonds is 6. The lowest BCUT2D eigenvalue weighted by Gasteiger charge is -2.23. The van der Waals surface area contributed by atoms with Gasteiger partial charge in [0.1, 0.15) is 6.61 Å². The fourth-order valence-corrected chi connectivity index (χ4v) is 2.92. The van der Waals surface area contributed by atoms with Gasteiger partial charge in [0, 0.05) is 23.0 Å². The predicted molar refractivity (Wildman–Crippen MR) is 54.9 cm³/mol. The Kier molecular flexibility index (Phi) is 4.95. The molecule has 92 valence electrons. The van der Waals surface area contributed by atoms with Crippen LogP contribution in [0.25, 0.3) is 0 Å². The number of ether oxygens (including phenoxy) is 1. The molecule has 0 atom stereocenters. The first-order chi connectivity index (χ1) is 6.41. The van der Waals surface area contributed by atoms with E-state index in [2.05, 4.69) is 0 Å². The summed E-state index contributed by atoms with van der Waals surface area (Å²) in [6.07, 6.45) is 0. The van der Waals surface area contributed by atoms with Crippen LogP contribution in [0.15, 0.2) is 0 Å². The molecular formula is C8H15ClF2O3S. The molecule has 0 N–H and O–H groups in total. The summed E-state index contributed by atoms with van der Waals surface area (Å²) in [6, 6.07) is 0. The lowest BCUT2D eigenvalue weighted by molar-refractivity contribution is -0.0752. The van der Waals surface area contributed by atoms with Crippen molar-refractivity contribution in [3.05, 3.63) is 0 Å². The quantitative estimate of drug-likeness (QED) is 0.691. The Morgan fingerprint density at radius 2 is 1.67 bits per heavy atom. The second-order valence-corrected chi connectivity index (χ2v) is 7.19. The number of halogens is 3. The smallest absolute Gasteiger partial charge is 0.268 e. The summed E-state index contributed by atoms with van der Waals surface area (Å²) >= 11 is 0. The first kappa shape index (κ1) is 15.1. The van der Waals surface area contributed by atoms with Crippen molar-refractivity contribution in [2.75, 3.05) is 19.0 Å². The molecule has 0 heterocycles. The fraction of sp³-hybridized carbons (Fsp3) is 1.00. The molecule has 0 amide bonds. The third-order valence-electron chi connectivity index (χ3n) is 1.41. The van der Waals surface area contributed by atoms with Gasteiger partial charge in [-0.25, -0.2) is 17.2 Å². The van der Waals surface area contributed by atoms with Crippen LogP contribution < -0.4 is 0 Å². The number of alkyl halides is 2. The van der Waals surface area contributed by atoms with Crippen molar-refractivity contribution >= 4 is 19.7 Å². The first-order valence-electron chi connectivity index (χ1n) is 4.29. The van der Waals surface area contributed by atoms with E-state index in [0.29, 0.717) is 0 Å². The molecule has 0 aromatic carbocycles. The van der Waals surface area contributed by atoms with Crippen molar-refractivity contribution in [2.45, 2.75) is 26.7 Å². The van der Waals surface area contributed by atoms with Crippen molar-refractivity contribution in [3.8, 4) is 0 Å². The average molecular weight is 265 g/mol. The molecule has 0 aromatic rings. The highest BCUT2D eigenvalue weighted by molar-refractivity contribution is 8.13. The maximum absolute atomic E-state index is 12.4. The van der Waals surface area contributed by atoms with Crippen molar-refractivity contribution < 1.29 is 21.9 Å². The highest BCUT2D eigenvalue weighted by Gasteiger charge is 2.28. The Morgan fingerprint density at radius 1 is 1.20 bits per heavy atom. The molecule has 3 nitrogen and oxygen atoms in total. The van der Waals surface area contributed by atoms with E-state index in [0.717, 1.165) is 6.92 Å². The molecular weight excluding hydrogens is 250 g/mol. The van der Waals surface area contributed by atoms with E-state index in [1.54, 1.807) is 13.8 Å². The zero-order valence-electron chi connectivity index (χ0n) is 8.89. The van der Waals surface area contributed by atoms with E-state index >= 15 is 0 Å². The number of hydrogen-bond acceptors (Lipinski definition) is 3. The van der Waals surface area contributed by atoms with E-state index < -0.39 is 27.0 Å². The monoisotopic (exact) mass is 264 g/mol. The molecule has 0 rings (SSSR count). The van der Waals surface area contributed by atoms with Crippen molar-refractivity contribution in [1.29, 1.82) is 0 Å². The molecule has 0 aromatic heterocycles. The van der Waals surface area contributed by atoms with E-state index in [1.165, 1.54) is 0 Å². The molecule has 0 bridgehead atoms. The standard InChI is InChI=1S/C8H15ClF2O3S/c1-7(2,6-15(9,12)13)4-14-5-8(3,10)11/h4-6H2,1-3H3. The van der Waals surface area contributed by atoms with Gasteiger partial charge < -0.3 is 4.74 Å². The van der Waals surface area contributed by atoms with E-state index in [9.17, 15) is 17.2 Å². The predicted octanol–water partition coefficient (Wildman–Crippen LogP) is 2.25. The summed E-state index contributed by atoms with van der Waals surface area (Å²) in [6.45, 7) is 3.10. The van der Waals surface area contributed by atoms with Crippen LogP contribution in [0.4, 0.5) is 8.78 Å². The summed E-state index contributed by atoms with van der Waals surface area (Å²) in [4.78, 5) is 0. The molecule has 0 radical (unpaired) electrons. The van der Waals surface area contributed by atoms with Gasteiger partial charge >= 0.3 is 0 Å². The SMILES string of the molecule is CC(F)(F)COCC(C)(C)CS(=O)(=O)Cl. The maximum Gasteiger partial charge on any atom is 0.268 e. The Balaban J connectivity index is 4.06. The van der Waals surface area contributed by atoms with Crippen LogP contribution >= 0.6 is 10.7 Å². The van der Waals surface area contributed by atoms with Gasteiger partial charge in [-0.2, -0.15) is 0 Å². The van der Waals surface area contributed by atoms with Crippen LogP contribution in [-0.2, 0) is 13.8 Å². The highest BCUT2D eigenvalue weighted by Crippen LogP contribution is 2.21. The Labute approximate surface area is 93.2 Å². The third-order valence-corrected chi connectivity index (χ3v) is 2.87. The van der Waals surface area contributed by atoms with E-state index in [1.807, 2.05) is 0 Å². The molecule has 0 aliphatic rings. The lowest BCUT2D eigenvalue weighted by atomic mass is 9.98. The van der Waals surface area contributed by atoms with Gasteiger partial charge in [0.05, 0.1) is 12.4 Å². The molecule has 0 saturated carbocycles. The third kappa shape index (κ3) is 10.3. The van der Waals surface area contributed by atoms with Gasteiger partial charge in [-0.1, -0.05) is 13.8 Å². The van der Waals surface area contributed by atoms with Gasteiger partial charge in [0.15, 0.2) is 0 Å². The maximum atomic E-state index is 12.4. The normalized spacial score (nSPS) is 14.3. The topological polar surface area (TPSA) is 43.4 Å². The van der Waals surface area contributed by atoms with Crippen LogP contribution in [0, 0.1) is 5.41 Å². The zero-order chi connectivity index (χ0) is 12.3. The molecule has 0 fully saturated rings. The van der Waals surface area contributed by atoms with Crippen molar-refractivity contribution in [2.24, 2.45) is 5.41 Å². The minimum absolute atomic E-state index is 0.0810. The van der Waals surface area contributed by atoms with Crippen molar-refractivity contribution in [1.82, 2.24) is 0 Å². The zero-order valence-corrected chi connectivity index (χ0v) is 10.5. The summed E-state index contributed by atoms with van der Waals surface area (Å²) < 4.78 is 51.0. The van der Waals surface area contributed by atoms with Crippen LogP contribution in [0.5, 0.6) is 0 Å². The summed E-state index contributed by atoms with van der Waals surface area (Å²) in [5.41, 5.74) is -0.772. The molecule has 15 heavy (non-hydrogen) atoms. The molecule has 0 aliphatic heterocycles. The average Bonchev–Trinajstić information content (AvgIpc) is 1.75. The Hall–Kier alpha value is 0.0600. The van der Waals surface area contributed by atoms with Crippen LogP contribution in [0.3, 0.4) is 0 Å². The molecule has 0 spiro atoms. The minimum atomic E-state index is -3.64. The van der Waals surface area contributed by atoms with Gasteiger partial charge in [0.2, 0.25) is 9.05 Å².